The van der Waals surface area contributed by atoms with Crippen molar-refractivity contribution in [2.24, 2.45) is 4.99 Å². The number of ether oxygens (including phenoxy) is 2. The maximum absolute atomic E-state index is 11.7. The van der Waals surface area contributed by atoms with Gasteiger partial charge in [0, 0.05) is 33.3 Å². The molecule has 0 spiro atoms. The van der Waals surface area contributed by atoms with E-state index < -0.39 is 0 Å². The molecule has 8 heteroatoms. The summed E-state index contributed by atoms with van der Waals surface area (Å²) in [7, 11) is 3.43. The van der Waals surface area contributed by atoms with Gasteiger partial charge in [-0.1, -0.05) is 12.2 Å². The van der Waals surface area contributed by atoms with Gasteiger partial charge in [-0.15, -0.1) is 24.0 Å². The average molecular weight is 454 g/mol. The van der Waals surface area contributed by atoms with Gasteiger partial charge in [0.2, 0.25) is 5.91 Å². The molecule has 0 saturated carbocycles. The largest absolute Gasteiger partial charge is 0.379 e. The van der Waals surface area contributed by atoms with E-state index in [4.69, 9.17) is 9.47 Å². The van der Waals surface area contributed by atoms with E-state index in [9.17, 15) is 4.79 Å². The number of likely N-dealkylation sites (N-methyl/N-ethyl adjacent to an activating group) is 1. The quantitative estimate of drug-likeness (QED) is 0.248. The average Bonchev–Trinajstić information content (AvgIpc) is 3.00. The second-order valence-corrected chi connectivity index (χ2v) is 6.13. The summed E-state index contributed by atoms with van der Waals surface area (Å²) in [6, 6.07) is 0.0708. The Kier molecular flexibility index (Phi) is 12.0. The van der Waals surface area contributed by atoms with Gasteiger partial charge in [-0.25, -0.2) is 4.99 Å². The van der Waals surface area contributed by atoms with Gasteiger partial charge in [0.1, 0.15) is 6.54 Å². The van der Waals surface area contributed by atoms with Crippen molar-refractivity contribution in [3.63, 3.8) is 0 Å². The van der Waals surface area contributed by atoms with E-state index in [0.717, 1.165) is 18.6 Å². The SMILES string of the molecule is C=C(C)CNC(=NCC(=O)N(C)C)NC(C)COC1CCOC1.I. The number of rotatable bonds is 8. The fourth-order valence-corrected chi connectivity index (χ4v) is 1.88. The summed E-state index contributed by atoms with van der Waals surface area (Å²) in [5.41, 5.74) is 0.991. The van der Waals surface area contributed by atoms with Gasteiger partial charge in [0.05, 0.1) is 19.3 Å². The normalized spacial score (nSPS) is 18.5. The number of aliphatic imine (C=N–C) groups is 1. The topological polar surface area (TPSA) is 75.2 Å². The van der Waals surface area contributed by atoms with Crippen molar-refractivity contribution >= 4 is 35.8 Å². The first-order valence-corrected chi connectivity index (χ1v) is 7.97. The zero-order valence-corrected chi connectivity index (χ0v) is 17.5. The van der Waals surface area contributed by atoms with Crippen molar-refractivity contribution in [1.29, 1.82) is 0 Å². The molecule has 140 valence electrons. The molecule has 0 radical (unpaired) electrons. The predicted molar refractivity (Wildman–Crippen MR) is 107 cm³/mol. The van der Waals surface area contributed by atoms with Crippen LogP contribution in [0.25, 0.3) is 0 Å². The Morgan fingerprint density at radius 1 is 1.50 bits per heavy atom. The molecule has 0 aliphatic carbocycles. The first-order valence-electron chi connectivity index (χ1n) is 7.97. The number of carbonyl (C=O) groups is 1. The lowest BCUT2D eigenvalue weighted by atomic mass is 10.3. The third kappa shape index (κ3) is 10.1. The summed E-state index contributed by atoms with van der Waals surface area (Å²) in [5.74, 6) is 0.537. The number of halogens is 1. The van der Waals surface area contributed by atoms with E-state index in [1.165, 1.54) is 4.90 Å². The highest BCUT2D eigenvalue weighted by atomic mass is 127. The van der Waals surface area contributed by atoms with Gasteiger partial charge in [0.15, 0.2) is 5.96 Å². The zero-order chi connectivity index (χ0) is 17.2. The molecule has 0 aromatic heterocycles. The molecule has 0 aromatic carbocycles. The molecule has 2 atom stereocenters. The molecule has 0 aromatic rings. The van der Waals surface area contributed by atoms with Gasteiger partial charge < -0.3 is 25.0 Å². The molecule has 1 saturated heterocycles. The Bertz CT molecular complexity index is 424. The number of hydrogen-bond acceptors (Lipinski definition) is 4. The van der Waals surface area contributed by atoms with Gasteiger partial charge in [0.25, 0.3) is 0 Å². The molecule has 2 unspecified atom stereocenters. The van der Waals surface area contributed by atoms with Crippen molar-refractivity contribution in [2.45, 2.75) is 32.4 Å². The van der Waals surface area contributed by atoms with Crippen molar-refractivity contribution in [2.75, 3.05) is 47.0 Å². The second-order valence-electron chi connectivity index (χ2n) is 6.13. The van der Waals surface area contributed by atoms with Crippen LogP contribution in [0.4, 0.5) is 0 Å². The van der Waals surface area contributed by atoms with Crippen LogP contribution in [-0.2, 0) is 14.3 Å². The minimum Gasteiger partial charge on any atom is -0.379 e. The number of hydrogen-bond donors (Lipinski definition) is 2. The fraction of sp³-hybridized carbons (Fsp3) is 0.750. The minimum absolute atomic E-state index is 0. The molecule has 7 nitrogen and oxygen atoms in total. The fourth-order valence-electron chi connectivity index (χ4n) is 1.88. The van der Waals surface area contributed by atoms with E-state index in [0.29, 0.717) is 25.7 Å². The van der Waals surface area contributed by atoms with E-state index in [1.807, 2.05) is 13.8 Å². The number of nitrogens with zero attached hydrogens (tertiary/aromatic N) is 2. The first kappa shape index (κ1) is 23.1. The van der Waals surface area contributed by atoms with Gasteiger partial charge in [-0.05, 0) is 20.3 Å². The van der Waals surface area contributed by atoms with Crippen molar-refractivity contribution in [1.82, 2.24) is 15.5 Å². The molecule has 0 bridgehead atoms. The molecule has 24 heavy (non-hydrogen) atoms. The standard InChI is InChI=1S/C16H30N4O3.HI/c1-12(2)8-17-16(18-9-15(21)20(4)5)19-13(3)10-23-14-6-7-22-11-14;/h13-14H,1,6-11H2,2-5H3,(H2,17,18,19);1H. The summed E-state index contributed by atoms with van der Waals surface area (Å²) in [4.78, 5) is 17.5. The zero-order valence-electron chi connectivity index (χ0n) is 15.1. The summed E-state index contributed by atoms with van der Waals surface area (Å²) in [5, 5.41) is 6.41. The second kappa shape index (κ2) is 12.5. The minimum atomic E-state index is -0.0477. The molecule has 1 aliphatic rings. The summed E-state index contributed by atoms with van der Waals surface area (Å²) in [6.45, 7) is 10.5. The summed E-state index contributed by atoms with van der Waals surface area (Å²) < 4.78 is 11.1. The Morgan fingerprint density at radius 3 is 2.75 bits per heavy atom. The lowest BCUT2D eigenvalue weighted by molar-refractivity contribution is -0.127. The Morgan fingerprint density at radius 2 is 2.21 bits per heavy atom. The Balaban J connectivity index is 0.00000529. The van der Waals surface area contributed by atoms with Crippen LogP contribution < -0.4 is 10.6 Å². The van der Waals surface area contributed by atoms with Gasteiger partial charge in [-0.2, -0.15) is 0 Å². The summed E-state index contributed by atoms with van der Waals surface area (Å²) in [6.07, 6.45) is 1.12. The monoisotopic (exact) mass is 454 g/mol. The molecule has 1 rings (SSSR count). The maximum atomic E-state index is 11.7. The highest BCUT2D eigenvalue weighted by Crippen LogP contribution is 2.08. The smallest absolute Gasteiger partial charge is 0.243 e. The van der Waals surface area contributed by atoms with Gasteiger partial charge >= 0.3 is 0 Å². The molecular weight excluding hydrogens is 423 g/mol. The van der Waals surface area contributed by atoms with E-state index in [-0.39, 0.29) is 48.6 Å². The van der Waals surface area contributed by atoms with Crippen LogP contribution in [0.15, 0.2) is 17.1 Å². The molecule has 2 N–H and O–H groups in total. The van der Waals surface area contributed by atoms with Crippen LogP contribution in [-0.4, -0.2) is 75.9 Å². The predicted octanol–water partition coefficient (Wildman–Crippen LogP) is 0.998. The van der Waals surface area contributed by atoms with Crippen molar-refractivity contribution < 1.29 is 14.3 Å². The Hall–Kier alpha value is -0.870. The molecule has 1 aliphatic heterocycles. The van der Waals surface area contributed by atoms with Crippen LogP contribution in [0.5, 0.6) is 0 Å². The highest BCUT2D eigenvalue weighted by molar-refractivity contribution is 14.0. The van der Waals surface area contributed by atoms with Crippen molar-refractivity contribution in [3.8, 4) is 0 Å². The first-order chi connectivity index (χ1) is 10.9. The van der Waals surface area contributed by atoms with E-state index >= 15 is 0 Å². The number of amides is 1. The third-order valence-electron chi connectivity index (χ3n) is 3.28. The molecular formula is C16H31IN4O3. The van der Waals surface area contributed by atoms with Crippen LogP contribution in [0, 0.1) is 0 Å². The van der Waals surface area contributed by atoms with E-state index in [2.05, 4.69) is 22.2 Å². The molecule has 1 fully saturated rings. The molecule has 1 amide bonds. The number of carbonyl (C=O) groups excluding carboxylic acids is 1. The number of nitrogens with one attached hydrogen (secondary N) is 2. The van der Waals surface area contributed by atoms with Crippen LogP contribution in [0.3, 0.4) is 0 Å². The van der Waals surface area contributed by atoms with Crippen LogP contribution in [0.1, 0.15) is 20.3 Å². The van der Waals surface area contributed by atoms with Crippen LogP contribution in [0.2, 0.25) is 0 Å². The lowest BCUT2D eigenvalue weighted by Crippen LogP contribution is -2.45. The highest BCUT2D eigenvalue weighted by Gasteiger charge is 2.17. The lowest BCUT2D eigenvalue weighted by Gasteiger charge is -2.20. The van der Waals surface area contributed by atoms with E-state index in [1.54, 1.807) is 14.1 Å². The Labute approximate surface area is 162 Å². The van der Waals surface area contributed by atoms with Crippen molar-refractivity contribution in [3.05, 3.63) is 12.2 Å². The van der Waals surface area contributed by atoms with Crippen LogP contribution >= 0.6 is 24.0 Å². The maximum Gasteiger partial charge on any atom is 0.243 e. The molecule has 1 heterocycles. The third-order valence-corrected chi connectivity index (χ3v) is 3.28. The number of guanidine groups is 1. The van der Waals surface area contributed by atoms with Gasteiger partial charge in [-0.3, -0.25) is 4.79 Å². The summed E-state index contributed by atoms with van der Waals surface area (Å²) >= 11 is 0.